The zero-order valence-electron chi connectivity index (χ0n) is 18.1. The summed E-state index contributed by atoms with van der Waals surface area (Å²) >= 11 is 6.44. The first-order valence-electron chi connectivity index (χ1n) is 10.3. The van der Waals surface area contributed by atoms with Crippen molar-refractivity contribution >= 4 is 23.2 Å². The van der Waals surface area contributed by atoms with Gasteiger partial charge in [-0.15, -0.1) is 0 Å². The Morgan fingerprint density at radius 2 is 1.66 bits per heavy atom. The predicted molar refractivity (Wildman–Crippen MR) is 125 cm³/mol. The maximum Gasteiger partial charge on any atom is 0.262 e. The van der Waals surface area contributed by atoms with Crippen LogP contribution in [0.2, 0.25) is 5.02 Å². The van der Waals surface area contributed by atoms with Crippen LogP contribution in [0, 0.1) is 12.7 Å². The Hall–Kier alpha value is -3.09. The molecule has 0 saturated carbocycles. The van der Waals surface area contributed by atoms with Crippen LogP contribution >= 0.6 is 11.6 Å². The number of nitrogens with one attached hydrogen (secondary N) is 2. The quantitative estimate of drug-likeness (QED) is 0.423. The van der Waals surface area contributed by atoms with Gasteiger partial charge in [0.2, 0.25) is 0 Å². The number of anilines is 1. The van der Waals surface area contributed by atoms with Gasteiger partial charge in [0, 0.05) is 29.9 Å². The number of amides is 1. The molecule has 3 aromatic carbocycles. The number of carbonyl (C=O) groups is 1. The van der Waals surface area contributed by atoms with E-state index in [4.69, 9.17) is 21.1 Å². The van der Waals surface area contributed by atoms with Crippen LogP contribution in [-0.2, 0) is 17.9 Å². The van der Waals surface area contributed by atoms with E-state index < -0.39 is 0 Å². The summed E-state index contributed by atoms with van der Waals surface area (Å²) in [5, 5.41) is 6.57. The minimum absolute atomic E-state index is 0.174. The predicted octanol–water partition coefficient (Wildman–Crippen LogP) is 5.49. The van der Waals surface area contributed by atoms with Crippen molar-refractivity contribution in [1.29, 1.82) is 0 Å². The second kappa shape index (κ2) is 11.5. The Morgan fingerprint density at radius 3 is 2.34 bits per heavy atom. The summed E-state index contributed by atoms with van der Waals surface area (Å²) in [7, 11) is 0. The van der Waals surface area contributed by atoms with Gasteiger partial charge >= 0.3 is 0 Å². The van der Waals surface area contributed by atoms with Crippen molar-refractivity contribution in [2.24, 2.45) is 0 Å². The number of hydrogen-bond donors (Lipinski definition) is 2. The summed E-state index contributed by atoms with van der Waals surface area (Å²) in [5.41, 5.74) is 3.61. The molecule has 5 nitrogen and oxygen atoms in total. The van der Waals surface area contributed by atoms with Gasteiger partial charge in [0.15, 0.2) is 18.1 Å². The van der Waals surface area contributed by atoms with Crippen LogP contribution in [0.25, 0.3) is 0 Å². The highest BCUT2D eigenvalue weighted by Crippen LogP contribution is 2.33. The molecule has 168 valence electrons. The van der Waals surface area contributed by atoms with Gasteiger partial charge in [-0.2, -0.15) is 0 Å². The van der Waals surface area contributed by atoms with E-state index in [1.165, 1.54) is 12.1 Å². The molecule has 0 aliphatic carbocycles. The minimum Gasteiger partial charge on any atom is -0.490 e. The zero-order valence-corrected chi connectivity index (χ0v) is 18.8. The standard InChI is InChI=1S/C25H26ClFN2O3/c1-3-31-23-12-19(15-28-14-18-6-8-20(27)9-7-18)22(26)13-24(23)32-16-25(30)29-21-10-4-17(2)5-11-21/h4-13,28H,3,14-16H2,1-2H3,(H,29,30). The lowest BCUT2D eigenvalue weighted by Crippen LogP contribution is -2.20. The molecule has 0 unspecified atom stereocenters. The summed E-state index contributed by atoms with van der Waals surface area (Å²) in [5.74, 6) is 0.371. The number of halogens is 2. The van der Waals surface area contributed by atoms with Gasteiger partial charge in [0.25, 0.3) is 5.91 Å². The summed E-state index contributed by atoms with van der Waals surface area (Å²) in [6, 6.07) is 17.3. The third kappa shape index (κ3) is 6.97. The molecule has 0 aliphatic heterocycles. The molecule has 0 bridgehead atoms. The van der Waals surface area contributed by atoms with Gasteiger partial charge in [0.05, 0.1) is 6.61 Å². The van der Waals surface area contributed by atoms with Gasteiger partial charge in [0.1, 0.15) is 5.82 Å². The van der Waals surface area contributed by atoms with Crippen molar-refractivity contribution < 1.29 is 18.7 Å². The van der Waals surface area contributed by atoms with Crippen molar-refractivity contribution in [2.75, 3.05) is 18.5 Å². The van der Waals surface area contributed by atoms with Gasteiger partial charge in [-0.05, 0) is 55.3 Å². The minimum atomic E-state index is -0.280. The van der Waals surface area contributed by atoms with Crippen LogP contribution in [0.4, 0.5) is 10.1 Å². The SMILES string of the molecule is CCOc1cc(CNCc2ccc(F)cc2)c(Cl)cc1OCC(=O)Nc1ccc(C)cc1. The van der Waals surface area contributed by atoms with Crippen LogP contribution in [0.5, 0.6) is 11.5 Å². The number of rotatable bonds is 10. The molecule has 3 rings (SSSR count). The van der Waals surface area contributed by atoms with Crippen LogP contribution in [-0.4, -0.2) is 19.1 Å². The molecule has 0 spiro atoms. The molecular weight excluding hydrogens is 431 g/mol. The van der Waals surface area contributed by atoms with Gasteiger partial charge < -0.3 is 20.1 Å². The normalized spacial score (nSPS) is 10.6. The van der Waals surface area contributed by atoms with Crippen LogP contribution < -0.4 is 20.1 Å². The number of aryl methyl sites for hydroxylation is 1. The zero-order chi connectivity index (χ0) is 22.9. The summed E-state index contributed by atoms with van der Waals surface area (Å²) in [6.07, 6.45) is 0. The highest BCUT2D eigenvalue weighted by atomic mass is 35.5. The highest BCUT2D eigenvalue weighted by Gasteiger charge is 2.13. The van der Waals surface area contributed by atoms with Gasteiger partial charge in [-0.1, -0.05) is 41.4 Å². The first-order chi connectivity index (χ1) is 15.4. The third-order valence-electron chi connectivity index (χ3n) is 4.66. The largest absolute Gasteiger partial charge is 0.490 e. The molecule has 0 fully saturated rings. The number of carbonyl (C=O) groups excluding carboxylic acids is 1. The van der Waals surface area contributed by atoms with Crippen LogP contribution in [0.15, 0.2) is 60.7 Å². The lowest BCUT2D eigenvalue weighted by atomic mass is 10.1. The molecule has 0 aliphatic rings. The molecule has 1 amide bonds. The maximum atomic E-state index is 13.0. The highest BCUT2D eigenvalue weighted by molar-refractivity contribution is 6.31. The van der Waals surface area contributed by atoms with Crippen molar-refractivity contribution in [3.63, 3.8) is 0 Å². The second-order valence-corrected chi connectivity index (χ2v) is 7.66. The lowest BCUT2D eigenvalue weighted by molar-refractivity contribution is -0.118. The number of ether oxygens (including phenoxy) is 2. The van der Waals surface area contributed by atoms with Crippen molar-refractivity contribution in [3.8, 4) is 11.5 Å². The van der Waals surface area contributed by atoms with E-state index in [0.717, 1.165) is 16.7 Å². The summed E-state index contributed by atoms with van der Waals surface area (Å²) in [4.78, 5) is 12.2. The maximum absolute atomic E-state index is 13.0. The van der Waals surface area contributed by atoms with Crippen LogP contribution in [0.3, 0.4) is 0 Å². The number of hydrogen-bond acceptors (Lipinski definition) is 4. The second-order valence-electron chi connectivity index (χ2n) is 7.26. The fourth-order valence-corrected chi connectivity index (χ4v) is 3.24. The smallest absolute Gasteiger partial charge is 0.262 e. The molecule has 0 heterocycles. The molecule has 0 saturated heterocycles. The van der Waals surface area contributed by atoms with E-state index in [1.54, 1.807) is 24.3 Å². The monoisotopic (exact) mass is 456 g/mol. The molecular formula is C25H26ClFN2O3. The average molecular weight is 457 g/mol. The first-order valence-corrected chi connectivity index (χ1v) is 10.7. The number of benzene rings is 3. The van der Waals surface area contributed by atoms with Crippen LogP contribution in [0.1, 0.15) is 23.6 Å². The summed E-state index contributed by atoms with van der Waals surface area (Å²) < 4.78 is 24.4. The van der Waals surface area contributed by atoms with E-state index in [-0.39, 0.29) is 18.3 Å². The molecule has 32 heavy (non-hydrogen) atoms. The Kier molecular flexibility index (Phi) is 8.48. The van der Waals surface area contributed by atoms with E-state index in [1.807, 2.05) is 38.1 Å². The molecule has 2 N–H and O–H groups in total. The molecule has 0 aromatic heterocycles. The van der Waals surface area contributed by atoms with Gasteiger partial charge in [-0.3, -0.25) is 4.79 Å². The Bertz CT molecular complexity index is 1040. The molecule has 0 atom stereocenters. The summed E-state index contributed by atoms with van der Waals surface area (Å²) in [6.45, 7) is 5.18. The molecule has 7 heteroatoms. The van der Waals surface area contributed by atoms with Crippen molar-refractivity contribution in [1.82, 2.24) is 5.32 Å². The van der Waals surface area contributed by atoms with Gasteiger partial charge in [-0.25, -0.2) is 4.39 Å². The third-order valence-corrected chi connectivity index (χ3v) is 5.02. The molecule has 0 radical (unpaired) electrons. The van der Waals surface area contributed by atoms with E-state index >= 15 is 0 Å². The Balaban J connectivity index is 1.60. The topological polar surface area (TPSA) is 59.6 Å². The Labute approximate surface area is 192 Å². The lowest BCUT2D eigenvalue weighted by Gasteiger charge is -2.15. The fourth-order valence-electron chi connectivity index (χ4n) is 3.01. The van der Waals surface area contributed by atoms with E-state index in [9.17, 15) is 9.18 Å². The fraction of sp³-hybridized carbons (Fsp3) is 0.240. The first kappa shape index (κ1) is 23.6. The Morgan fingerprint density at radius 1 is 0.969 bits per heavy atom. The van der Waals surface area contributed by atoms with Crippen molar-refractivity contribution in [2.45, 2.75) is 26.9 Å². The van der Waals surface area contributed by atoms with Crippen molar-refractivity contribution in [3.05, 3.63) is 88.2 Å². The van der Waals surface area contributed by atoms with E-state index in [2.05, 4.69) is 10.6 Å². The molecule has 3 aromatic rings. The van der Waals surface area contributed by atoms with E-state index in [0.29, 0.717) is 41.9 Å². The average Bonchev–Trinajstić information content (AvgIpc) is 2.77.